The van der Waals surface area contributed by atoms with Gasteiger partial charge in [-0.05, 0) is 6.92 Å². The summed E-state index contributed by atoms with van der Waals surface area (Å²) in [5, 5.41) is 2.80. The molecule has 4 nitrogen and oxygen atoms in total. The first kappa shape index (κ1) is 6.39. The maximum Gasteiger partial charge on any atom is 0.287 e. The number of nitrogens with zero attached hydrogens (tertiary/aromatic N) is 2. The Kier molecular flexibility index (Phi) is 1.21. The Balaban J connectivity index is 2.44. The molecule has 0 radical (unpaired) electrons. The van der Waals surface area contributed by atoms with Crippen LogP contribution in [0.15, 0.2) is 12.4 Å². The summed E-state index contributed by atoms with van der Waals surface area (Å²) in [5.41, 5.74) is 0. The molecule has 0 saturated heterocycles. The molecule has 0 fully saturated rings. The molecule has 1 N–H and O–H groups in total. The number of hydrogen-bond acceptors (Lipinski definition) is 2. The first-order valence-electron chi connectivity index (χ1n) is 3.59. The molecule has 58 valence electrons. The molecule has 4 heteroatoms. The van der Waals surface area contributed by atoms with Crippen LogP contribution in [0.1, 0.15) is 17.5 Å². The van der Waals surface area contributed by atoms with Crippen LogP contribution in [0.5, 0.6) is 0 Å². The predicted octanol–water partition coefficient (Wildman–Crippen LogP) is 0.0150. The summed E-state index contributed by atoms with van der Waals surface area (Å²) in [5.74, 6) is 0.442. The summed E-state index contributed by atoms with van der Waals surface area (Å²) in [4.78, 5) is 15.1. The van der Waals surface area contributed by atoms with Crippen LogP contribution in [0.4, 0.5) is 0 Å². The van der Waals surface area contributed by atoms with Gasteiger partial charge in [-0.15, -0.1) is 0 Å². The Morgan fingerprint density at radius 1 is 1.82 bits per heavy atom. The molecule has 1 amide bonds. The van der Waals surface area contributed by atoms with E-state index in [-0.39, 0.29) is 11.9 Å². The van der Waals surface area contributed by atoms with E-state index >= 15 is 0 Å². The third-order valence-electron chi connectivity index (χ3n) is 1.77. The van der Waals surface area contributed by atoms with E-state index in [2.05, 4.69) is 10.3 Å². The first-order valence-corrected chi connectivity index (χ1v) is 3.59. The summed E-state index contributed by atoms with van der Waals surface area (Å²) in [6, 6.07) is 0.212. The number of carbonyl (C=O) groups excluding carboxylic acids is 1. The number of aromatic nitrogens is 2. The van der Waals surface area contributed by atoms with E-state index < -0.39 is 0 Å². The largest absolute Gasteiger partial charge is 0.345 e. The molecular weight excluding hydrogens is 142 g/mol. The monoisotopic (exact) mass is 151 g/mol. The molecule has 1 atom stereocenters. The second-order valence-electron chi connectivity index (χ2n) is 2.78. The topological polar surface area (TPSA) is 46.9 Å². The zero-order chi connectivity index (χ0) is 7.84. The number of hydrogen-bond donors (Lipinski definition) is 1. The van der Waals surface area contributed by atoms with Crippen molar-refractivity contribution in [3.63, 3.8) is 0 Å². The van der Waals surface area contributed by atoms with Crippen molar-refractivity contribution in [3.8, 4) is 0 Å². The van der Waals surface area contributed by atoms with Crippen LogP contribution < -0.4 is 5.32 Å². The molecule has 0 unspecified atom stereocenters. The van der Waals surface area contributed by atoms with Crippen molar-refractivity contribution in [2.45, 2.75) is 19.5 Å². The fourth-order valence-electron chi connectivity index (χ4n) is 1.29. The highest BCUT2D eigenvalue weighted by Crippen LogP contribution is 2.05. The van der Waals surface area contributed by atoms with Crippen LogP contribution in [0, 0.1) is 0 Å². The Bertz CT molecular complexity index is 292. The van der Waals surface area contributed by atoms with Crippen LogP contribution in [0.25, 0.3) is 0 Å². The summed E-state index contributed by atoms with van der Waals surface area (Å²) in [6.45, 7) is 2.79. The lowest BCUT2D eigenvalue weighted by molar-refractivity contribution is 0.0900. The minimum absolute atomic E-state index is 0.0752. The van der Waals surface area contributed by atoms with Gasteiger partial charge in [0, 0.05) is 25.0 Å². The van der Waals surface area contributed by atoms with E-state index in [1.165, 1.54) is 0 Å². The summed E-state index contributed by atoms with van der Waals surface area (Å²) in [6.07, 6.45) is 3.47. The van der Waals surface area contributed by atoms with Gasteiger partial charge in [0.1, 0.15) is 0 Å². The van der Waals surface area contributed by atoms with Crippen molar-refractivity contribution in [3.05, 3.63) is 18.2 Å². The zero-order valence-corrected chi connectivity index (χ0v) is 6.24. The molecular formula is C7H9N3O. The van der Waals surface area contributed by atoms with Gasteiger partial charge in [-0.1, -0.05) is 0 Å². The third-order valence-corrected chi connectivity index (χ3v) is 1.77. The molecule has 2 rings (SSSR count). The smallest absolute Gasteiger partial charge is 0.287 e. The third kappa shape index (κ3) is 0.906. The molecule has 1 aromatic rings. The Labute approximate surface area is 64.2 Å². The summed E-state index contributed by atoms with van der Waals surface area (Å²) >= 11 is 0. The van der Waals surface area contributed by atoms with Crippen LogP contribution in [-0.4, -0.2) is 21.5 Å². The SMILES string of the molecule is C[C@@H]1Cn2ccnc2C(=O)N1. The highest BCUT2D eigenvalue weighted by Gasteiger charge is 2.21. The highest BCUT2D eigenvalue weighted by molar-refractivity contribution is 5.91. The van der Waals surface area contributed by atoms with Gasteiger partial charge in [-0.3, -0.25) is 4.79 Å². The molecule has 0 spiro atoms. The van der Waals surface area contributed by atoms with Gasteiger partial charge in [-0.2, -0.15) is 0 Å². The number of imidazole rings is 1. The number of fused-ring (bicyclic) bond motifs is 1. The maximum absolute atomic E-state index is 11.2. The fraction of sp³-hybridized carbons (Fsp3) is 0.429. The number of rotatable bonds is 0. The van der Waals surface area contributed by atoms with E-state index in [1.54, 1.807) is 6.20 Å². The van der Waals surface area contributed by atoms with Gasteiger partial charge in [0.15, 0.2) is 5.82 Å². The lowest BCUT2D eigenvalue weighted by Gasteiger charge is -2.20. The highest BCUT2D eigenvalue weighted by atomic mass is 16.2. The average Bonchev–Trinajstić information content (AvgIpc) is 2.34. The minimum Gasteiger partial charge on any atom is -0.345 e. The quantitative estimate of drug-likeness (QED) is 0.568. The van der Waals surface area contributed by atoms with Gasteiger partial charge >= 0.3 is 0 Å². The normalized spacial score (nSPS) is 22.6. The van der Waals surface area contributed by atoms with Crippen molar-refractivity contribution < 1.29 is 4.79 Å². The van der Waals surface area contributed by atoms with E-state index in [0.717, 1.165) is 6.54 Å². The average molecular weight is 151 g/mol. The lowest BCUT2D eigenvalue weighted by atomic mass is 10.2. The first-order chi connectivity index (χ1) is 5.27. The molecule has 0 aliphatic carbocycles. The van der Waals surface area contributed by atoms with Crippen molar-refractivity contribution in [2.24, 2.45) is 0 Å². The van der Waals surface area contributed by atoms with Gasteiger partial charge < -0.3 is 9.88 Å². The van der Waals surface area contributed by atoms with E-state index in [4.69, 9.17) is 0 Å². The molecule has 2 heterocycles. The zero-order valence-electron chi connectivity index (χ0n) is 6.24. The van der Waals surface area contributed by atoms with Crippen LogP contribution in [0.2, 0.25) is 0 Å². The lowest BCUT2D eigenvalue weighted by Crippen LogP contribution is -2.42. The van der Waals surface area contributed by atoms with Gasteiger partial charge in [0.25, 0.3) is 5.91 Å². The summed E-state index contributed by atoms with van der Waals surface area (Å²) < 4.78 is 1.86. The van der Waals surface area contributed by atoms with Gasteiger partial charge in [0.05, 0.1) is 0 Å². The second kappa shape index (κ2) is 2.08. The van der Waals surface area contributed by atoms with Crippen LogP contribution in [-0.2, 0) is 6.54 Å². The molecule has 0 aromatic carbocycles. The maximum atomic E-state index is 11.2. The Morgan fingerprint density at radius 3 is 3.45 bits per heavy atom. The number of nitrogens with one attached hydrogen (secondary N) is 1. The van der Waals surface area contributed by atoms with E-state index in [0.29, 0.717) is 5.82 Å². The Hall–Kier alpha value is -1.32. The van der Waals surface area contributed by atoms with Crippen molar-refractivity contribution >= 4 is 5.91 Å². The predicted molar refractivity (Wildman–Crippen MR) is 39.2 cm³/mol. The summed E-state index contributed by atoms with van der Waals surface area (Å²) in [7, 11) is 0. The Morgan fingerprint density at radius 2 is 2.64 bits per heavy atom. The van der Waals surface area contributed by atoms with Crippen molar-refractivity contribution in [2.75, 3.05) is 0 Å². The molecule has 0 saturated carbocycles. The van der Waals surface area contributed by atoms with Crippen LogP contribution >= 0.6 is 0 Å². The van der Waals surface area contributed by atoms with E-state index in [1.807, 2.05) is 17.7 Å². The van der Waals surface area contributed by atoms with Crippen molar-refractivity contribution in [1.82, 2.24) is 14.9 Å². The molecule has 11 heavy (non-hydrogen) atoms. The van der Waals surface area contributed by atoms with Crippen LogP contribution in [0.3, 0.4) is 0 Å². The molecule has 1 aliphatic heterocycles. The standard InChI is InChI=1S/C7H9N3O/c1-5-4-10-3-2-8-6(10)7(11)9-5/h2-3,5H,4H2,1H3,(H,9,11)/t5-/m1/s1. The molecule has 0 bridgehead atoms. The van der Waals surface area contributed by atoms with E-state index in [9.17, 15) is 4.79 Å². The molecule has 1 aliphatic rings. The van der Waals surface area contributed by atoms with Gasteiger partial charge in [0.2, 0.25) is 0 Å². The van der Waals surface area contributed by atoms with Crippen molar-refractivity contribution in [1.29, 1.82) is 0 Å². The minimum atomic E-state index is -0.0752. The number of amides is 1. The van der Waals surface area contributed by atoms with Gasteiger partial charge in [-0.25, -0.2) is 4.98 Å². The number of carbonyl (C=O) groups is 1. The second-order valence-corrected chi connectivity index (χ2v) is 2.78. The molecule has 1 aromatic heterocycles. The fourth-order valence-corrected chi connectivity index (χ4v) is 1.29.